The molecular formula is C8H11BrCl2O2. The van der Waals surface area contributed by atoms with Gasteiger partial charge >= 0.3 is 5.97 Å². The van der Waals surface area contributed by atoms with Crippen molar-refractivity contribution in [2.45, 2.75) is 36.0 Å². The van der Waals surface area contributed by atoms with Crippen LogP contribution in [-0.2, 0) is 9.53 Å². The predicted molar refractivity (Wildman–Crippen MR) is 56.3 cm³/mol. The third-order valence-electron chi connectivity index (χ3n) is 2.58. The molecule has 0 bridgehead atoms. The monoisotopic (exact) mass is 288 g/mol. The van der Waals surface area contributed by atoms with Crippen molar-refractivity contribution >= 4 is 45.1 Å². The van der Waals surface area contributed by atoms with Crippen LogP contribution < -0.4 is 0 Å². The second-order valence-electron chi connectivity index (χ2n) is 3.72. The van der Waals surface area contributed by atoms with Crippen molar-refractivity contribution < 1.29 is 9.53 Å². The molecule has 1 saturated carbocycles. The zero-order chi connectivity index (χ0) is 10.5. The number of alkyl halides is 3. The molecule has 0 amide bonds. The lowest BCUT2D eigenvalue weighted by Crippen LogP contribution is -2.36. The highest BCUT2D eigenvalue weighted by Crippen LogP contribution is 2.71. The van der Waals surface area contributed by atoms with Crippen LogP contribution in [0.4, 0.5) is 0 Å². The van der Waals surface area contributed by atoms with Crippen LogP contribution >= 0.6 is 39.1 Å². The minimum atomic E-state index is -0.805. The second-order valence-corrected chi connectivity index (χ2v) is 6.72. The first-order chi connectivity index (χ1) is 5.62. The highest BCUT2D eigenvalue weighted by molar-refractivity contribution is 9.10. The molecule has 0 radical (unpaired) electrons. The van der Waals surface area contributed by atoms with Crippen LogP contribution in [0.15, 0.2) is 0 Å². The molecule has 0 spiro atoms. The fraction of sp³-hybridized carbons (Fsp3) is 0.875. The fourth-order valence-corrected chi connectivity index (χ4v) is 3.10. The quantitative estimate of drug-likeness (QED) is 0.576. The van der Waals surface area contributed by atoms with Crippen molar-refractivity contribution in [1.82, 2.24) is 0 Å². The molecule has 5 heteroatoms. The topological polar surface area (TPSA) is 26.3 Å². The molecule has 76 valence electrons. The van der Waals surface area contributed by atoms with Crippen molar-refractivity contribution in [2.75, 3.05) is 0 Å². The summed E-state index contributed by atoms with van der Waals surface area (Å²) in [5.41, 5.74) is -0.422. The number of ether oxygens (including phenoxy) is 1. The van der Waals surface area contributed by atoms with E-state index >= 15 is 0 Å². The first-order valence-corrected chi connectivity index (χ1v) is 5.44. The van der Waals surface area contributed by atoms with Crippen molar-refractivity contribution in [1.29, 1.82) is 0 Å². The van der Waals surface area contributed by atoms with Gasteiger partial charge in [0.15, 0.2) is 4.51 Å². The standard InChI is InChI=1S/C8H11BrCl2O2/c1-5(12)13-7(3,9)6(2)4-8(6,10)11/h4H2,1-3H3. The number of hydrogen-bond donors (Lipinski definition) is 0. The van der Waals surface area contributed by atoms with Crippen molar-refractivity contribution in [3.8, 4) is 0 Å². The number of esters is 1. The van der Waals surface area contributed by atoms with Gasteiger partial charge in [-0.2, -0.15) is 0 Å². The van der Waals surface area contributed by atoms with Gasteiger partial charge in [-0.1, -0.05) is 6.92 Å². The first-order valence-electron chi connectivity index (χ1n) is 3.89. The van der Waals surface area contributed by atoms with E-state index in [1.807, 2.05) is 6.92 Å². The van der Waals surface area contributed by atoms with Crippen molar-refractivity contribution in [3.05, 3.63) is 0 Å². The van der Waals surface area contributed by atoms with Crippen LogP contribution in [0.2, 0.25) is 0 Å². The highest BCUT2D eigenvalue weighted by atomic mass is 79.9. The fourth-order valence-electron chi connectivity index (χ4n) is 1.27. The summed E-state index contributed by atoms with van der Waals surface area (Å²) in [6.07, 6.45) is 0.609. The lowest BCUT2D eigenvalue weighted by molar-refractivity contribution is -0.151. The van der Waals surface area contributed by atoms with E-state index < -0.39 is 14.3 Å². The molecule has 1 aliphatic carbocycles. The molecule has 0 aromatic heterocycles. The van der Waals surface area contributed by atoms with Crippen LogP contribution in [0, 0.1) is 5.41 Å². The normalized spacial score (nSPS) is 34.9. The Morgan fingerprint density at radius 2 is 2.00 bits per heavy atom. The zero-order valence-electron chi connectivity index (χ0n) is 7.66. The van der Waals surface area contributed by atoms with Gasteiger partial charge in [-0.25, -0.2) is 0 Å². The van der Waals surface area contributed by atoms with Crippen LogP contribution in [0.5, 0.6) is 0 Å². The largest absolute Gasteiger partial charge is 0.447 e. The average molecular weight is 290 g/mol. The Labute approximate surface area is 96.0 Å². The third-order valence-corrected chi connectivity index (χ3v) is 4.72. The zero-order valence-corrected chi connectivity index (χ0v) is 10.8. The highest BCUT2D eigenvalue weighted by Gasteiger charge is 2.72. The second kappa shape index (κ2) is 3.01. The Morgan fingerprint density at radius 1 is 1.62 bits per heavy atom. The lowest BCUT2D eigenvalue weighted by Gasteiger charge is -2.30. The maximum Gasteiger partial charge on any atom is 0.304 e. The smallest absolute Gasteiger partial charge is 0.304 e. The summed E-state index contributed by atoms with van der Waals surface area (Å²) in [5.74, 6) is -0.350. The minimum Gasteiger partial charge on any atom is -0.447 e. The lowest BCUT2D eigenvalue weighted by atomic mass is 10.0. The Hall–Kier alpha value is 0.530. The molecule has 1 fully saturated rings. The Bertz CT molecular complexity index is 253. The molecule has 0 heterocycles. The molecular weight excluding hydrogens is 279 g/mol. The summed E-state index contributed by atoms with van der Waals surface area (Å²) in [6, 6.07) is 0. The van der Waals surface area contributed by atoms with Gasteiger partial charge in [0, 0.05) is 6.92 Å². The molecule has 0 saturated heterocycles. The Morgan fingerprint density at radius 3 is 2.23 bits per heavy atom. The van der Waals surface area contributed by atoms with Gasteiger partial charge in [0.05, 0.1) is 5.41 Å². The summed E-state index contributed by atoms with van der Waals surface area (Å²) >= 11 is 15.3. The van der Waals surface area contributed by atoms with Gasteiger partial charge in [-0.15, -0.1) is 23.2 Å². The maximum atomic E-state index is 10.8. The van der Waals surface area contributed by atoms with Gasteiger partial charge in [0.25, 0.3) is 0 Å². The number of carbonyl (C=O) groups excluding carboxylic acids is 1. The summed E-state index contributed by atoms with van der Waals surface area (Å²) in [4.78, 5) is 10.8. The van der Waals surface area contributed by atoms with E-state index in [4.69, 9.17) is 27.9 Å². The summed E-state index contributed by atoms with van der Waals surface area (Å²) < 4.78 is 3.51. The number of carbonyl (C=O) groups is 1. The predicted octanol–water partition coefficient (Wildman–Crippen LogP) is 3.24. The number of halogens is 3. The van der Waals surface area contributed by atoms with Crippen LogP contribution in [0.3, 0.4) is 0 Å². The van der Waals surface area contributed by atoms with Gasteiger partial charge in [0.2, 0.25) is 0 Å². The summed E-state index contributed by atoms with van der Waals surface area (Å²) in [5, 5.41) is 0. The van der Waals surface area contributed by atoms with Gasteiger partial charge in [0.1, 0.15) is 4.33 Å². The summed E-state index contributed by atoms with van der Waals surface area (Å²) in [7, 11) is 0. The molecule has 0 aliphatic heterocycles. The van der Waals surface area contributed by atoms with E-state index in [2.05, 4.69) is 15.9 Å². The van der Waals surface area contributed by atoms with E-state index in [-0.39, 0.29) is 5.97 Å². The van der Waals surface area contributed by atoms with Crippen LogP contribution in [0.1, 0.15) is 27.2 Å². The van der Waals surface area contributed by atoms with Crippen molar-refractivity contribution in [3.63, 3.8) is 0 Å². The molecule has 1 rings (SSSR count). The van der Waals surface area contributed by atoms with Crippen LogP contribution in [0.25, 0.3) is 0 Å². The summed E-state index contributed by atoms with van der Waals surface area (Å²) in [6.45, 7) is 4.99. The van der Waals surface area contributed by atoms with E-state index in [0.717, 1.165) is 0 Å². The number of rotatable bonds is 2. The average Bonchev–Trinajstić information content (AvgIpc) is 2.30. The molecule has 2 unspecified atom stereocenters. The Balaban J connectivity index is 2.77. The molecule has 0 aromatic carbocycles. The van der Waals surface area contributed by atoms with E-state index in [0.29, 0.717) is 6.42 Å². The van der Waals surface area contributed by atoms with Crippen molar-refractivity contribution in [2.24, 2.45) is 5.41 Å². The van der Waals surface area contributed by atoms with Gasteiger partial charge in [-0.05, 0) is 29.3 Å². The third kappa shape index (κ3) is 1.83. The first kappa shape index (κ1) is 11.6. The Kier molecular flexibility index (Phi) is 2.69. The molecule has 2 nitrogen and oxygen atoms in total. The molecule has 0 N–H and O–H groups in total. The van der Waals surface area contributed by atoms with E-state index in [1.54, 1.807) is 6.92 Å². The molecule has 13 heavy (non-hydrogen) atoms. The molecule has 2 atom stereocenters. The molecule has 0 aromatic rings. The van der Waals surface area contributed by atoms with Crippen LogP contribution in [-0.4, -0.2) is 14.8 Å². The van der Waals surface area contributed by atoms with Gasteiger partial charge in [-0.3, -0.25) is 4.79 Å². The number of hydrogen-bond acceptors (Lipinski definition) is 2. The van der Waals surface area contributed by atoms with E-state index in [9.17, 15) is 4.79 Å². The maximum absolute atomic E-state index is 10.8. The minimum absolute atomic E-state index is 0.350. The molecule has 1 aliphatic rings. The SMILES string of the molecule is CC(=O)OC(C)(Br)C1(C)CC1(Cl)Cl. The van der Waals surface area contributed by atoms with E-state index in [1.165, 1.54) is 6.92 Å². The van der Waals surface area contributed by atoms with Gasteiger partial charge < -0.3 is 4.74 Å².